The molecule has 0 saturated heterocycles. The van der Waals surface area contributed by atoms with Gasteiger partial charge in [-0.2, -0.15) is 4.98 Å². The van der Waals surface area contributed by atoms with Crippen molar-refractivity contribution in [3.8, 4) is 0 Å². The first kappa shape index (κ1) is 11.1. The molecule has 0 unspecified atom stereocenters. The van der Waals surface area contributed by atoms with Gasteiger partial charge < -0.3 is 15.4 Å². The lowest BCUT2D eigenvalue weighted by molar-refractivity contribution is -0.132. The van der Waals surface area contributed by atoms with Crippen molar-refractivity contribution in [2.24, 2.45) is 0 Å². The summed E-state index contributed by atoms with van der Waals surface area (Å²) in [7, 11) is 0. The number of nitrogens with zero attached hydrogens (tertiary/aromatic N) is 4. The average molecular weight is 233 g/mol. The molecule has 0 saturated carbocycles. The van der Waals surface area contributed by atoms with Gasteiger partial charge in [0.1, 0.15) is 5.52 Å². The number of aromatic nitrogens is 4. The second-order valence-corrected chi connectivity index (χ2v) is 3.62. The highest BCUT2D eigenvalue weighted by atomic mass is 16.4. The molecule has 3 N–H and O–H groups in total. The van der Waals surface area contributed by atoms with E-state index >= 15 is 0 Å². The van der Waals surface area contributed by atoms with Crippen molar-refractivity contribution in [1.29, 1.82) is 0 Å². The van der Waals surface area contributed by atoms with Crippen LogP contribution in [0.5, 0.6) is 0 Å². The summed E-state index contributed by atoms with van der Waals surface area (Å²) in [6, 6.07) is 0. The van der Waals surface area contributed by atoms with Gasteiger partial charge in [-0.05, 0) is 6.92 Å². The lowest BCUT2D eigenvalue weighted by Gasteiger charge is -2.03. The minimum Gasteiger partial charge on any atom is -0.478 e. The molecule has 7 heteroatoms. The number of imidazole rings is 1. The highest BCUT2D eigenvalue weighted by Gasteiger charge is 2.12. The number of carboxylic acids is 1. The normalized spacial score (nSPS) is 10.6. The van der Waals surface area contributed by atoms with Gasteiger partial charge in [-0.1, -0.05) is 6.58 Å². The lowest BCUT2D eigenvalue weighted by Crippen LogP contribution is -2.08. The summed E-state index contributed by atoms with van der Waals surface area (Å²) in [4.78, 5) is 22.8. The lowest BCUT2D eigenvalue weighted by atomic mass is 10.3. The first-order chi connectivity index (χ1) is 7.99. The maximum Gasteiger partial charge on any atom is 0.332 e. The molecular formula is C10H11N5O2. The Labute approximate surface area is 96.6 Å². The van der Waals surface area contributed by atoms with Crippen LogP contribution in [0.4, 0.5) is 5.95 Å². The number of hydrogen-bond donors (Lipinski definition) is 2. The Morgan fingerprint density at radius 3 is 2.94 bits per heavy atom. The Hall–Kier alpha value is -2.44. The second-order valence-electron chi connectivity index (χ2n) is 3.62. The molecule has 2 aromatic heterocycles. The molecule has 2 heterocycles. The highest BCUT2D eigenvalue weighted by Crippen LogP contribution is 2.15. The molecule has 0 aliphatic carbocycles. The monoisotopic (exact) mass is 233 g/mol. The molecule has 0 radical (unpaired) electrons. The van der Waals surface area contributed by atoms with Gasteiger partial charge in [0, 0.05) is 5.57 Å². The van der Waals surface area contributed by atoms with Gasteiger partial charge in [-0.15, -0.1) is 0 Å². The fourth-order valence-electron chi connectivity index (χ4n) is 1.50. The summed E-state index contributed by atoms with van der Waals surface area (Å²) in [5, 5.41) is 8.77. The van der Waals surface area contributed by atoms with E-state index in [0.717, 1.165) is 0 Å². The number of nitrogen functional groups attached to an aromatic ring is 1. The zero-order valence-corrected chi connectivity index (χ0v) is 9.21. The fraction of sp³-hybridized carbons (Fsp3) is 0.200. The van der Waals surface area contributed by atoms with Crippen LogP contribution >= 0.6 is 0 Å². The van der Waals surface area contributed by atoms with Gasteiger partial charge in [0.25, 0.3) is 0 Å². The molecule has 2 aromatic rings. The topological polar surface area (TPSA) is 107 Å². The average Bonchev–Trinajstić information content (AvgIpc) is 2.61. The van der Waals surface area contributed by atoms with Crippen molar-refractivity contribution in [2.75, 3.05) is 5.73 Å². The van der Waals surface area contributed by atoms with E-state index in [2.05, 4.69) is 21.5 Å². The minimum atomic E-state index is -1.05. The number of fused-ring (bicyclic) bond motifs is 1. The molecule has 0 amide bonds. The summed E-state index contributed by atoms with van der Waals surface area (Å²) in [6.07, 6.45) is 1.50. The number of nitrogens with two attached hydrogens (primary N) is 1. The van der Waals surface area contributed by atoms with E-state index in [-0.39, 0.29) is 18.1 Å². The first-order valence-corrected chi connectivity index (χ1v) is 4.85. The molecule has 0 aliphatic rings. The van der Waals surface area contributed by atoms with Crippen molar-refractivity contribution < 1.29 is 9.90 Å². The largest absolute Gasteiger partial charge is 0.478 e. The smallest absolute Gasteiger partial charge is 0.332 e. The molecule has 7 nitrogen and oxygen atoms in total. The van der Waals surface area contributed by atoms with Crippen LogP contribution in [0.1, 0.15) is 5.69 Å². The Balaban J connectivity index is 2.49. The Morgan fingerprint density at radius 2 is 2.29 bits per heavy atom. The number of carboxylic acid groups (broad SMARTS) is 1. The number of aliphatic carboxylic acids is 1. The van der Waals surface area contributed by atoms with Crippen molar-refractivity contribution >= 4 is 23.1 Å². The van der Waals surface area contributed by atoms with E-state index in [1.807, 2.05) is 0 Å². The summed E-state index contributed by atoms with van der Waals surface area (Å²) < 4.78 is 1.58. The van der Waals surface area contributed by atoms with Gasteiger partial charge in [-0.25, -0.2) is 14.8 Å². The maximum absolute atomic E-state index is 10.7. The number of rotatable bonds is 3. The van der Waals surface area contributed by atoms with Crippen LogP contribution in [0, 0.1) is 6.92 Å². The number of hydrogen-bond acceptors (Lipinski definition) is 5. The molecule has 0 bridgehead atoms. The molecule has 0 fully saturated rings. The van der Waals surface area contributed by atoms with Crippen LogP contribution in [0.3, 0.4) is 0 Å². The molecule has 0 atom stereocenters. The van der Waals surface area contributed by atoms with Crippen molar-refractivity contribution in [3.63, 3.8) is 0 Å². The van der Waals surface area contributed by atoms with Gasteiger partial charge in [0.15, 0.2) is 5.65 Å². The van der Waals surface area contributed by atoms with E-state index in [1.54, 1.807) is 11.5 Å². The number of carbonyl (C=O) groups is 1. The molecule has 0 aliphatic heterocycles. The quantitative estimate of drug-likeness (QED) is 0.741. The summed E-state index contributed by atoms with van der Waals surface area (Å²) in [6.45, 7) is 5.34. The fourth-order valence-corrected chi connectivity index (χ4v) is 1.50. The van der Waals surface area contributed by atoms with Crippen LogP contribution in [-0.2, 0) is 11.3 Å². The molecule has 17 heavy (non-hydrogen) atoms. The van der Waals surface area contributed by atoms with E-state index in [4.69, 9.17) is 10.8 Å². The van der Waals surface area contributed by atoms with Crippen LogP contribution in [0.15, 0.2) is 18.5 Å². The third-order valence-electron chi connectivity index (χ3n) is 2.32. The summed E-state index contributed by atoms with van der Waals surface area (Å²) in [5.74, 6) is -0.914. The zero-order valence-electron chi connectivity index (χ0n) is 9.21. The van der Waals surface area contributed by atoms with Crippen LogP contribution in [0.25, 0.3) is 11.2 Å². The molecular weight excluding hydrogens is 222 g/mol. The third-order valence-corrected chi connectivity index (χ3v) is 2.32. The Bertz CT molecular complexity index is 616. The van der Waals surface area contributed by atoms with Crippen LogP contribution in [-0.4, -0.2) is 30.6 Å². The molecule has 0 aromatic carbocycles. The van der Waals surface area contributed by atoms with Crippen LogP contribution in [0.2, 0.25) is 0 Å². The van der Waals surface area contributed by atoms with E-state index in [9.17, 15) is 4.79 Å². The SMILES string of the molecule is C=C(Cn1cnc2c(C)nc(N)nc21)C(=O)O. The predicted octanol–water partition coefficient (Wildman–Crippen LogP) is 0.358. The first-order valence-electron chi connectivity index (χ1n) is 4.85. The standard InChI is InChI=1S/C10H11N5O2/c1-5(9(16)17)3-15-4-12-7-6(2)13-10(11)14-8(7)15/h4H,1,3H2,2H3,(H,16,17)(H2,11,13,14). The minimum absolute atomic E-state index is 0.0548. The predicted molar refractivity (Wildman–Crippen MR) is 61.2 cm³/mol. The second kappa shape index (κ2) is 3.85. The van der Waals surface area contributed by atoms with Crippen molar-refractivity contribution in [2.45, 2.75) is 13.5 Å². The zero-order chi connectivity index (χ0) is 12.6. The number of anilines is 1. The third kappa shape index (κ3) is 1.94. The highest BCUT2D eigenvalue weighted by molar-refractivity contribution is 5.86. The maximum atomic E-state index is 10.7. The van der Waals surface area contributed by atoms with Gasteiger partial charge in [0.05, 0.1) is 18.6 Å². The Morgan fingerprint density at radius 1 is 1.59 bits per heavy atom. The van der Waals surface area contributed by atoms with Gasteiger partial charge in [0.2, 0.25) is 5.95 Å². The summed E-state index contributed by atoms with van der Waals surface area (Å²) >= 11 is 0. The van der Waals surface area contributed by atoms with Gasteiger partial charge >= 0.3 is 5.97 Å². The van der Waals surface area contributed by atoms with Crippen molar-refractivity contribution in [1.82, 2.24) is 19.5 Å². The molecule has 0 spiro atoms. The summed E-state index contributed by atoms with van der Waals surface area (Å²) in [5.41, 5.74) is 7.38. The van der Waals surface area contributed by atoms with Crippen molar-refractivity contribution in [3.05, 3.63) is 24.2 Å². The Kier molecular flexibility index (Phi) is 2.51. The van der Waals surface area contributed by atoms with Gasteiger partial charge in [-0.3, -0.25) is 0 Å². The number of aryl methyl sites for hydroxylation is 1. The molecule has 2 rings (SSSR count). The van der Waals surface area contributed by atoms with E-state index < -0.39 is 5.97 Å². The van der Waals surface area contributed by atoms with Crippen LogP contribution < -0.4 is 5.73 Å². The van der Waals surface area contributed by atoms with E-state index in [0.29, 0.717) is 16.9 Å². The molecule has 88 valence electrons. The van der Waals surface area contributed by atoms with E-state index in [1.165, 1.54) is 6.33 Å².